The molecule has 0 spiro atoms. The molecule has 0 atom stereocenters. The number of hydrogen-bond donors (Lipinski definition) is 0. The zero-order valence-corrected chi connectivity index (χ0v) is 15.6. The number of Topliss-reactive ketones (excluding diaryl/α,β-unsaturated/α-hetero) is 1. The minimum Gasteiger partial charge on any atom is -0.454 e. The molecule has 0 fully saturated rings. The number of rotatable bonds is 5. The molecule has 0 aliphatic heterocycles. The number of sulfone groups is 1. The van der Waals surface area contributed by atoms with Crippen molar-refractivity contribution in [3.63, 3.8) is 0 Å². The molecule has 0 aliphatic carbocycles. The van der Waals surface area contributed by atoms with Gasteiger partial charge in [-0.3, -0.25) is 4.79 Å². The highest BCUT2D eigenvalue weighted by atomic mass is 79.9. The van der Waals surface area contributed by atoms with Crippen molar-refractivity contribution in [1.82, 2.24) is 0 Å². The van der Waals surface area contributed by atoms with Crippen LogP contribution < -0.4 is 0 Å². The summed E-state index contributed by atoms with van der Waals surface area (Å²) in [5, 5.41) is 0.0449. The molecular weight excluding hydrogens is 420 g/mol. The van der Waals surface area contributed by atoms with E-state index in [1.165, 1.54) is 12.1 Å². The molecule has 2 aromatic rings. The first-order valence-electron chi connectivity index (χ1n) is 6.64. The Labute approximate surface area is 152 Å². The Bertz CT molecular complexity index is 891. The van der Waals surface area contributed by atoms with Crippen molar-refractivity contribution in [2.45, 2.75) is 4.90 Å². The van der Waals surface area contributed by atoms with Crippen LogP contribution >= 0.6 is 27.5 Å². The second-order valence-corrected chi connectivity index (χ2v) is 8.26. The third-order valence-electron chi connectivity index (χ3n) is 3.09. The van der Waals surface area contributed by atoms with Crippen molar-refractivity contribution in [2.75, 3.05) is 12.9 Å². The smallest absolute Gasteiger partial charge is 0.340 e. The van der Waals surface area contributed by atoms with E-state index < -0.39 is 22.4 Å². The van der Waals surface area contributed by atoms with Gasteiger partial charge in [-0.25, -0.2) is 13.2 Å². The van der Waals surface area contributed by atoms with Crippen LogP contribution in [-0.2, 0) is 14.6 Å². The number of benzene rings is 2. The number of hydrogen-bond acceptors (Lipinski definition) is 5. The molecule has 0 N–H and O–H groups in total. The van der Waals surface area contributed by atoms with E-state index in [0.29, 0.717) is 5.56 Å². The van der Waals surface area contributed by atoms with Gasteiger partial charge in [-0.05, 0) is 30.3 Å². The van der Waals surface area contributed by atoms with E-state index in [1.54, 1.807) is 24.3 Å². The van der Waals surface area contributed by atoms with Gasteiger partial charge in [0.1, 0.15) is 0 Å². The van der Waals surface area contributed by atoms with Gasteiger partial charge in [0.2, 0.25) is 0 Å². The van der Waals surface area contributed by atoms with Crippen molar-refractivity contribution in [3.05, 3.63) is 63.1 Å². The van der Waals surface area contributed by atoms with Gasteiger partial charge >= 0.3 is 5.97 Å². The second-order valence-electron chi connectivity index (χ2n) is 4.92. The fourth-order valence-electron chi connectivity index (χ4n) is 1.82. The molecular formula is C16H12BrClO5S. The summed E-state index contributed by atoms with van der Waals surface area (Å²) in [6.07, 6.45) is 1.02. The summed E-state index contributed by atoms with van der Waals surface area (Å²) in [7, 11) is -3.49. The zero-order chi connectivity index (χ0) is 17.9. The van der Waals surface area contributed by atoms with Gasteiger partial charge in [-0.1, -0.05) is 39.7 Å². The number of ketones is 1. The van der Waals surface area contributed by atoms with E-state index in [1.807, 2.05) is 0 Å². The average Bonchev–Trinajstić information content (AvgIpc) is 2.52. The molecule has 0 saturated carbocycles. The summed E-state index contributed by atoms with van der Waals surface area (Å²) in [5.41, 5.74) is 0.283. The largest absolute Gasteiger partial charge is 0.454 e. The molecule has 24 heavy (non-hydrogen) atoms. The van der Waals surface area contributed by atoms with E-state index in [2.05, 4.69) is 15.9 Å². The number of ether oxygens (including phenoxy) is 1. The summed E-state index contributed by atoms with van der Waals surface area (Å²) >= 11 is 9.16. The maximum atomic E-state index is 12.1. The Morgan fingerprint density at radius 3 is 2.33 bits per heavy atom. The minimum absolute atomic E-state index is 0.0449. The zero-order valence-electron chi connectivity index (χ0n) is 12.5. The minimum atomic E-state index is -3.49. The highest BCUT2D eigenvalue weighted by Gasteiger charge is 2.18. The van der Waals surface area contributed by atoms with E-state index >= 15 is 0 Å². The third kappa shape index (κ3) is 4.66. The van der Waals surface area contributed by atoms with Crippen LogP contribution in [0.15, 0.2) is 51.8 Å². The molecule has 0 unspecified atom stereocenters. The molecule has 0 radical (unpaired) electrons. The molecule has 0 heterocycles. The molecule has 0 aliphatic rings. The maximum Gasteiger partial charge on any atom is 0.340 e. The SMILES string of the molecule is CS(=O)(=O)c1ccc(Cl)c(C(=O)OCC(=O)c2ccc(Br)cc2)c1. The highest BCUT2D eigenvalue weighted by molar-refractivity contribution is 9.10. The molecule has 126 valence electrons. The number of carbonyl (C=O) groups excluding carboxylic acids is 2. The third-order valence-corrected chi connectivity index (χ3v) is 5.05. The van der Waals surface area contributed by atoms with Crippen LogP contribution in [0.4, 0.5) is 0 Å². The lowest BCUT2D eigenvalue weighted by Gasteiger charge is -2.07. The topological polar surface area (TPSA) is 77.5 Å². The van der Waals surface area contributed by atoms with Crippen LogP contribution in [0.2, 0.25) is 5.02 Å². The summed E-state index contributed by atoms with van der Waals surface area (Å²) in [6.45, 7) is -0.472. The summed E-state index contributed by atoms with van der Waals surface area (Å²) < 4.78 is 28.9. The van der Waals surface area contributed by atoms with Gasteiger partial charge in [0.15, 0.2) is 22.2 Å². The van der Waals surface area contributed by atoms with Gasteiger partial charge in [0.25, 0.3) is 0 Å². The van der Waals surface area contributed by atoms with Crippen molar-refractivity contribution >= 4 is 49.1 Å². The Hall–Kier alpha value is -1.70. The molecule has 0 saturated heterocycles. The van der Waals surface area contributed by atoms with Gasteiger partial charge < -0.3 is 4.74 Å². The monoisotopic (exact) mass is 430 g/mol. The molecule has 0 aromatic heterocycles. The maximum absolute atomic E-state index is 12.1. The lowest BCUT2D eigenvalue weighted by Crippen LogP contribution is -2.15. The van der Waals surface area contributed by atoms with E-state index in [0.717, 1.165) is 16.8 Å². The van der Waals surface area contributed by atoms with Crippen LogP contribution in [0.1, 0.15) is 20.7 Å². The fourth-order valence-corrected chi connectivity index (χ4v) is 2.93. The summed E-state index contributed by atoms with van der Waals surface area (Å²) in [5.74, 6) is -1.25. The Balaban J connectivity index is 2.12. The Kier molecular flexibility index (Phi) is 5.79. The average molecular weight is 432 g/mol. The van der Waals surface area contributed by atoms with E-state index in [9.17, 15) is 18.0 Å². The number of esters is 1. The molecule has 5 nitrogen and oxygen atoms in total. The van der Waals surface area contributed by atoms with Gasteiger partial charge in [0.05, 0.1) is 15.5 Å². The van der Waals surface area contributed by atoms with Crippen LogP contribution in [0.25, 0.3) is 0 Å². The highest BCUT2D eigenvalue weighted by Crippen LogP contribution is 2.21. The molecule has 0 bridgehead atoms. The molecule has 0 amide bonds. The normalized spacial score (nSPS) is 11.1. The van der Waals surface area contributed by atoms with Crippen LogP contribution in [0, 0.1) is 0 Å². The van der Waals surface area contributed by atoms with Gasteiger partial charge in [-0.15, -0.1) is 0 Å². The van der Waals surface area contributed by atoms with Gasteiger partial charge in [0, 0.05) is 16.3 Å². The number of halogens is 2. The Morgan fingerprint density at radius 1 is 1.12 bits per heavy atom. The molecule has 2 aromatic carbocycles. The Morgan fingerprint density at radius 2 is 1.75 bits per heavy atom. The first-order valence-corrected chi connectivity index (χ1v) is 9.70. The molecule has 2 rings (SSSR count). The van der Waals surface area contributed by atoms with E-state index in [4.69, 9.17) is 16.3 Å². The summed E-state index contributed by atoms with van der Waals surface area (Å²) in [4.78, 5) is 24.0. The first-order chi connectivity index (χ1) is 11.2. The second kappa shape index (κ2) is 7.46. The summed E-state index contributed by atoms with van der Waals surface area (Å²) in [6, 6.07) is 10.3. The van der Waals surface area contributed by atoms with Crippen molar-refractivity contribution in [1.29, 1.82) is 0 Å². The molecule has 8 heteroatoms. The predicted octanol–water partition coefficient (Wildman–Crippen LogP) is 3.55. The first kappa shape index (κ1) is 18.6. The lowest BCUT2D eigenvalue weighted by molar-refractivity contribution is 0.0474. The number of carbonyl (C=O) groups is 2. The standard InChI is InChI=1S/C16H12BrClO5S/c1-24(21,22)12-6-7-14(18)13(8-12)16(20)23-9-15(19)10-2-4-11(17)5-3-10/h2-8H,9H2,1H3. The van der Waals surface area contributed by atoms with Gasteiger partial charge in [-0.2, -0.15) is 0 Å². The van der Waals surface area contributed by atoms with Crippen LogP contribution in [-0.4, -0.2) is 33.0 Å². The van der Waals surface area contributed by atoms with Crippen LogP contribution in [0.5, 0.6) is 0 Å². The van der Waals surface area contributed by atoms with Crippen molar-refractivity contribution in [2.24, 2.45) is 0 Å². The van der Waals surface area contributed by atoms with E-state index in [-0.39, 0.29) is 21.3 Å². The predicted molar refractivity (Wildman–Crippen MR) is 93.3 cm³/mol. The van der Waals surface area contributed by atoms with Crippen LogP contribution in [0.3, 0.4) is 0 Å². The quantitative estimate of drug-likeness (QED) is 0.534. The fraction of sp³-hybridized carbons (Fsp3) is 0.125. The lowest BCUT2D eigenvalue weighted by atomic mass is 10.1. The van der Waals surface area contributed by atoms with Crippen molar-refractivity contribution < 1.29 is 22.7 Å². The van der Waals surface area contributed by atoms with Crippen molar-refractivity contribution in [3.8, 4) is 0 Å².